The van der Waals surface area contributed by atoms with Crippen molar-refractivity contribution < 1.29 is 26.7 Å². The number of carboxylic acids is 1. The number of nitrogens with one attached hydrogen (secondary N) is 1. The third-order valence-corrected chi connectivity index (χ3v) is 5.67. The number of hydrogen-bond acceptors (Lipinski definition) is 5. The Morgan fingerprint density at radius 2 is 1.50 bits per heavy atom. The zero-order valence-electron chi connectivity index (χ0n) is 13.4. The average Bonchev–Trinajstić information content (AvgIpc) is 2.58. The highest BCUT2D eigenvalue weighted by atomic mass is 32.2. The second-order valence-corrected chi connectivity index (χ2v) is 8.58. The Hall–Kier alpha value is -2.53. The van der Waals surface area contributed by atoms with E-state index in [2.05, 4.69) is 4.72 Å². The van der Waals surface area contributed by atoms with Gasteiger partial charge in [-0.3, -0.25) is 0 Å². The molecule has 0 spiro atoms. The van der Waals surface area contributed by atoms with Gasteiger partial charge in [0.2, 0.25) is 20.0 Å². The van der Waals surface area contributed by atoms with E-state index in [9.17, 15) is 21.6 Å². The first-order valence-electron chi connectivity index (χ1n) is 7.20. The minimum Gasteiger partial charge on any atom is -0.478 e. The number of carboxylic acid groups (broad SMARTS) is 1. The molecule has 0 radical (unpaired) electrons. The summed E-state index contributed by atoms with van der Waals surface area (Å²) in [5, 5.41) is 13.6. The van der Waals surface area contributed by atoms with Crippen molar-refractivity contribution >= 4 is 32.1 Å². The molecule has 0 heterocycles. The number of hydrogen-bond donors (Lipinski definition) is 3. The average molecular weight is 396 g/mol. The first-order chi connectivity index (χ1) is 12.1. The molecule has 8 nitrogen and oxygen atoms in total. The van der Waals surface area contributed by atoms with Crippen LogP contribution in [0.4, 0.5) is 0 Å². The molecule has 2 rings (SSSR count). The van der Waals surface area contributed by atoms with E-state index in [-0.39, 0.29) is 16.3 Å². The highest BCUT2D eigenvalue weighted by Crippen LogP contribution is 2.13. The monoisotopic (exact) mass is 396 g/mol. The van der Waals surface area contributed by atoms with Gasteiger partial charge in [-0.05, 0) is 41.5 Å². The Labute approximate surface area is 151 Å². The van der Waals surface area contributed by atoms with E-state index in [0.717, 1.165) is 6.08 Å². The maximum atomic E-state index is 12.3. The molecule has 2 aromatic carbocycles. The van der Waals surface area contributed by atoms with E-state index in [1.807, 2.05) is 0 Å². The second kappa shape index (κ2) is 7.79. The van der Waals surface area contributed by atoms with Gasteiger partial charge in [-0.25, -0.2) is 31.5 Å². The van der Waals surface area contributed by atoms with Crippen molar-refractivity contribution in [2.75, 3.05) is 0 Å². The molecule has 0 aliphatic carbocycles. The summed E-state index contributed by atoms with van der Waals surface area (Å²) in [5.41, 5.74) is 1.10. The molecule has 0 aromatic heterocycles. The molecule has 10 heteroatoms. The summed E-state index contributed by atoms with van der Waals surface area (Å²) >= 11 is 0. The molecule has 0 saturated heterocycles. The van der Waals surface area contributed by atoms with Gasteiger partial charge < -0.3 is 5.11 Å². The summed E-state index contributed by atoms with van der Waals surface area (Å²) in [5.74, 6) is -1.10. The summed E-state index contributed by atoms with van der Waals surface area (Å²) in [6, 6.07) is 11.2. The van der Waals surface area contributed by atoms with Gasteiger partial charge in [-0.2, -0.15) is 0 Å². The summed E-state index contributed by atoms with van der Waals surface area (Å²) in [6.07, 6.45) is 2.30. The summed E-state index contributed by atoms with van der Waals surface area (Å²) in [4.78, 5) is 10.4. The van der Waals surface area contributed by atoms with Gasteiger partial charge >= 0.3 is 5.97 Å². The minimum absolute atomic E-state index is 0.0196. The number of primary sulfonamides is 1. The van der Waals surface area contributed by atoms with Crippen LogP contribution in [-0.4, -0.2) is 27.9 Å². The number of aliphatic carboxylic acids is 1. The number of rotatable bonds is 7. The first-order valence-corrected chi connectivity index (χ1v) is 10.2. The summed E-state index contributed by atoms with van der Waals surface area (Å²) in [7, 11) is -7.58. The number of benzene rings is 2. The maximum Gasteiger partial charge on any atom is 0.328 e. The molecule has 0 unspecified atom stereocenters. The van der Waals surface area contributed by atoms with E-state index in [1.54, 1.807) is 0 Å². The lowest BCUT2D eigenvalue weighted by Gasteiger charge is -2.08. The minimum atomic E-state index is -3.80. The predicted molar refractivity (Wildman–Crippen MR) is 95.0 cm³/mol. The molecule has 0 atom stereocenters. The van der Waals surface area contributed by atoms with Crippen LogP contribution in [0.2, 0.25) is 0 Å². The molecule has 0 saturated carbocycles. The molecule has 0 amide bonds. The van der Waals surface area contributed by atoms with E-state index >= 15 is 0 Å². The molecule has 4 N–H and O–H groups in total. The van der Waals surface area contributed by atoms with Crippen LogP contribution in [0.25, 0.3) is 6.08 Å². The number of nitrogens with two attached hydrogens (primary N) is 1. The van der Waals surface area contributed by atoms with Crippen LogP contribution in [0.1, 0.15) is 11.1 Å². The van der Waals surface area contributed by atoms with E-state index < -0.39 is 26.0 Å². The fourth-order valence-corrected chi connectivity index (χ4v) is 3.52. The van der Waals surface area contributed by atoms with Crippen molar-refractivity contribution in [1.82, 2.24) is 4.72 Å². The van der Waals surface area contributed by atoms with Gasteiger partial charge in [0.1, 0.15) is 0 Å². The van der Waals surface area contributed by atoms with Crippen LogP contribution >= 0.6 is 0 Å². The lowest BCUT2D eigenvalue weighted by atomic mass is 10.2. The van der Waals surface area contributed by atoms with Crippen molar-refractivity contribution in [3.05, 3.63) is 65.7 Å². The van der Waals surface area contributed by atoms with Crippen LogP contribution in [-0.2, 0) is 31.4 Å². The Bertz CT molecular complexity index is 1030. The smallest absolute Gasteiger partial charge is 0.328 e. The van der Waals surface area contributed by atoms with E-state index in [0.29, 0.717) is 11.1 Å². The Kier molecular flexibility index (Phi) is 5.93. The molecule has 0 bridgehead atoms. The normalized spacial score (nSPS) is 12.3. The highest BCUT2D eigenvalue weighted by molar-refractivity contribution is 7.89. The van der Waals surface area contributed by atoms with Crippen LogP contribution in [0.5, 0.6) is 0 Å². The Morgan fingerprint density at radius 3 is 2.00 bits per heavy atom. The Balaban J connectivity index is 2.07. The molecule has 0 aliphatic rings. The lowest BCUT2D eigenvalue weighted by molar-refractivity contribution is -0.131. The van der Waals surface area contributed by atoms with Crippen molar-refractivity contribution in [3.8, 4) is 0 Å². The predicted octanol–water partition coefficient (Wildman–Crippen LogP) is 0.910. The van der Waals surface area contributed by atoms with Gasteiger partial charge in [-0.15, -0.1) is 0 Å². The second-order valence-electron chi connectivity index (χ2n) is 5.25. The van der Waals surface area contributed by atoms with Gasteiger partial charge in [-0.1, -0.05) is 24.3 Å². The van der Waals surface area contributed by atoms with Crippen LogP contribution in [0.15, 0.2) is 64.4 Å². The van der Waals surface area contributed by atoms with Gasteiger partial charge in [0.25, 0.3) is 0 Å². The molecular formula is C16H16N2O6S2. The fourth-order valence-electron chi connectivity index (χ4n) is 1.98. The standard InChI is InChI=1S/C16H16N2O6S2/c17-25(21,22)14-6-3-13(4-7-14)11-18-26(23,24)15-8-1-12(2-9-15)5-10-16(19)20/h1-10,18H,11H2,(H,19,20)(H2,17,21,22). The molecule has 0 fully saturated rings. The van der Waals surface area contributed by atoms with Crippen LogP contribution < -0.4 is 9.86 Å². The van der Waals surface area contributed by atoms with Crippen LogP contribution in [0, 0.1) is 0 Å². The van der Waals surface area contributed by atoms with Gasteiger partial charge in [0.15, 0.2) is 0 Å². The SMILES string of the molecule is NS(=O)(=O)c1ccc(CNS(=O)(=O)c2ccc(C=CC(=O)O)cc2)cc1. The van der Waals surface area contributed by atoms with E-state index in [4.69, 9.17) is 10.2 Å². The quantitative estimate of drug-likeness (QED) is 0.594. The van der Waals surface area contributed by atoms with Gasteiger partial charge in [0, 0.05) is 12.6 Å². The van der Waals surface area contributed by atoms with Crippen molar-refractivity contribution in [2.24, 2.45) is 5.14 Å². The lowest BCUT2D eigenvalue weighted by Crippen LogP contribution is -2.23. The third-order valence-electron chi connectivity index (χ3n) is 3.33. The number of sulfonamides is 2. The summed E-state index contributed by atoms with van der Waals surface area (Å²) in [6.45, 7) is -0.0338. The zero-order valence-corrected chi connectivity index (χ0v) is 15.0. The summed E-state index contributed by atoms with van der Waals surface area (Å²) < 4.78 is 49.3. The van der Waals surface area contributed by atoms with Gasteiger partial charge in [0.05, 0.1) is 9.79 Å². The van der Waals surface area contributed by atoms with Crippen molar-refractivity contribution in [2.45, 2.75) is 16.3 Å². The first kappa shape index (κ1) is 19.8. The molecule has 2 aromatic rings. The Morgan fingerprint density at radius 1 is 0.962 bits per heavy atom. The maximum absolute atomic E-state index is 12.3. The molecule has 0 aliphatic heterocycles. The largest absolute Gasteiger partial charge is 0.478 e. The van der Waals surface area contributed by atoms with Crippen molar-refractivity contribution in [1.29, 1.82) is 0 Å². The highest BCUT2D eigenvalue weighted by Gasteiger charge is 2.14. The molecule has 138 valence electrons. The molecular weight excluding hydrogens is 380 g/mol. The number of carbonyl (C=O) groups is 1. The molecule has 26 heavy (non-hydrogen) atoms. The zero-order chi connectivity index (χ0) is 19.4. The van der Waals surface area contributed by atoms with Crippen molar-refractivity contribution in [3.63, 3.8) is 0 Å². The van der Waals surface area contributed by atoms with Crippen LogP contribution in [0.3, 0.4) is 0 Å². The van der Waals surface area contributed by atoms with E-state index in [1.165, 1.54) is 54.6 Å². The fraction of sp³-hybridized carbons (Fsp3) is 0.0625. The third kappa shape index (κ3) is 5.49. The topological polar surface area (TPSA) is 144 Å².